The summed E-state index contributed by atoms with van der Waals surface area (Å²) < 4.78 is 27.2. The van der Waals surface area contributed by atoms with Crippen LogP contribution in [0.5, 0.6) is 0 Å². The van der Waals surface area contributed by atoms with E-state index in [-0.39, 0.29) is 6.04 Å². The average molecular weight is 407 g/mol. The monoisotopic (exact) mass is 406 g/mol. The third-order valence-electron chi connectivity index (χ3n) is 5.87. The largest absolute Gasteiger partial charge is 0.354 e. The van der Waals surface area contributed by atoms with Crippen LogP contribution < -0.4 is 15.4 Å². The maximum atomic E-state index is 12.2. The summed E-state index contributed by atoms with van der Waals surface area (Å²) in [7, 11) is -1.60. The molecular weight excluding hydrogens is 372 g/mol. The summed E-state index contributed by atoms with van der Waals surface area (Å²) in [5, 5.41) is 6.87. The molecule has 0 unspecified atom stereocenters. The number of aliphatic imine (C=N–C) groups is 1. The van der Waals surface area contributed by atoms with Gasteiger partial charge in [-0.2, -0.15) is 0 Å². The number of rotatable bonds is 7. The minimum atomic E-state index is -3.39. The molecule has 0 aliphatic heterocycles. The van der Waals surface area contributed by atoms with Crippen molar-refractivity contribution >= 4 is 16.0 Å². The van der Waals surface area contributed by atoms with Gasteiger partial charge in [-0.25, -0.2) is 13.1 Å². The topological polar surface area (TPSA) is 82.6 Å². The highest BCUT2D eigenvalue weighted by Gasteiger charge is 2.28. The number of guanidine groups is 1. The molecule has 28 heavy (non-hydrogen) atoms. The fraction of sp³-hybridized carbons (Fsp3) is 0.667. The van der Waals surface area contributed by atoms with Crippen molar-refractivity contribution in [2.45, 2.75) is 75.9 Å². The van der Waals surface area contributed by atoms with E-state index in [1.54, 1.807) is 19.2 Å². The van der Waals surface area contributed by atoms with Crippen LogP contribution in [-0.2, 0) is 16.6 Å². The highest BCUT2D eigenvalue weighted by molar-refractivity contribution is 7.89. The van der Waals surface area contributed by atoms with Crippen molar-refractivity contribution < 1.29 is 8.42 Å². The minimum absolute atomic E-state index is 0.122. The molecule has 156 valence electrons. The molecule has 0 saturated heterocycles. The van der Waals surface area contributed by atoms with Gasteiger partial charge < -0.3 is 10.6 Å². The molecule has 0 bridgehead atoms. The van der Waals surface area contributed by atoms with Gasteiger partial charge in [0.05, 0.1) is 4.90 Å². The van der Waals surface area contributed by atoms with Gasteiger partial charge in [0.2, 0.25) is 10.0 Å². The number of benzene rings is 1. The Balaban J connectivity index is 1.47. The number of hydrogen-bond acceptors (Lipinski definition) is 3. The molecule has 7 heteroatoms. The van der Waals surface area contributed by atoms with Crippen molar-refractivity contribution in [2.24, 2.45) is 16.8 Å². The van der Waals surface area contributed by atoms with Crippen molar-refractivity contribution in [1.29, 1.82) is 0 Å². The number of nitrogens with one attached hydrogen (secondary N) is 3. The molecule has 0 atom stereocenters. The van der Waals surface area contributed by atoms with Gasteiger partial charge in [-0.15, -0.1) is 0 Å². The number of nitrogens with zero attached hydrogens (tertiary/aromatic N) is 1. The molecule has 0 radical (unpaired) electrons. The Morgan fingerprint density at radius 2 is 1.64 bits per heavy atom. The lowest BCUT2D eigenvalue weighted by molar-refractivity contribution is 0.250. The third kappa shape index (κ3) is 5.95. The van der Waals surface area contributed by atoms with Crippen LogP contribution in [-0.4, -0.2) is 33.5 Å². The Morgan fingerprint density at radius 3 is 2.18 bits per heavy atom. The first kappa shape index (κ1) is 21.1. The molecule has 2 fully saturated rings. The van der Waals surface area contributed by atoms with Crippen LogP contribution in [0.4, 0.5) is 0 Å². The first-order valence-corrected chi connectivity index (χ1v) is 11.9. The van der Waals surface area contributed by atoms with E-state index in [2.05, 4.69) is 34.2 Å². The number of sulfonamides is 1. The predicted molar refractivity (Wildman–Crippen MR) is 114 cm³/mol. The maximum Gasteiger partial charge on any atom is 0.240 e. The summed E-state index contributed by atoms with van der Waals surface area (Å²) in [4.78, 5) is 4.66. The van der Waals surface area contributed by atoms with Crippen molar-refractivity contribution in [1.82, 2.24) is 15.4 Å². The van der Waals surface area contributed by atoms with Gasteiger partial charge in [0.25, 0.3) is 0 Å². The standard InChI is InChI=1S/C21H34N4O2S/c1-15(2)17-6-8-18(9-7-17)24-21(22-3)23-14-16-4-12-20(13-5-16)28(26,27)25-19-10-11-19/h4-5,12-13,15,17-19,25H,6-11,14H2,1-3H3,(H2,22,23,24). The van der Waals surface area contributed by atoms with E-state index >= 15 is 0 Å². The quantitative estimate of drug-likeness (QED) is 0.480. The highest BCUT2D eigenvalue weighted by atomic mass is 32.2. The second kappa shape index (κ2) is 9.27. The van der Waals surface area contributed by atoms with Crippen LogP contribution in [0.2, 0.25) is 0 Å². The smallest absolute Gasteiger partial charge is 0.240 e. The van der Waals surface area contributed by atoms with E-state index in [4.69, 9.17) is 0 Å². The van der Waals surface area contributed by atoms with Crippen LogP contribution in [0, 0.1) is 11.8 Å². The summed E-state index contributed by atoms with van der Waals surface area (Å²) >= 11 is 0. The lowest BCUT2D eigenvalue weighted by Crippen LogP contribution is -2.44. The Kier molecular flexibility index (Phi) is 6.99. The van der Waals surface area contributed by atoms with Crippen molar-refractivity contribution in [2.75, 3.05) is 7.05 Å². The van der Waals surface area contributed by atoms with Gasteiger partial charge in [0, 0.05) is 25.7 Å². The molecule has 3 N–H and O–H groups in total. The minimum Gasteiger partial charge on any atom is -0.354 e. The van der Waals surface area contributed by atoms with Crippen LogP contribution >= 0.6 is 0 Å². The van der Waals surface area contributed by atoms with Crippen LogP contribution in [0.3, 0.4) is 0 Å². The highest BCUT2D eigenvalue weighted by Crippen LogP contribution is 2.29. The zero-order valence-corrected chi connectivity index (χ0v) is 18.1. The molecule has 2 aliphatic rings. The average Bonchev–Trinajstić information content (AvgIpc) is 3.49. The fourth-order valence-electron chi connectivity index (χ4n) is 3.78. The molecule has 0 spiro atoms. The summed E-state index contributed by atoms with van der Waals surface area (Å²) in [6, 6.07) is 7.65. The summed E-state index contributed by atoms with van der Waals surface area (Å²) in [5.74, 6) is 2.42. The SMILES string of the molecule is CN=C(NCc1ccc(S(=O)(=O)NC2CC2)cc1)NC1CCC(C(C)C)CC1. The molecule has 0 heterocycles. The molecule has 0 aromatic heterocycles. The van der Waals surface area contributed by atoms with Gasteiger partial charge in [0.15, 0.2) is 5.96 Å². The lowest BCUT2D eigenvalue weighted by Gasteiger charge is -2.32. The second-order valence-corrected chi connectivity index (χ2v) is 10.2. The molecule has 0 amide bonds. The molecule has 3 rings (SSSR count). The van der Waals surface area contributed by atoms with Crippen molar-refractivity contribution in [3.63, 3.8) is 0 Å². The van der Waals surface area contributed by atoms with Gasteiger partial charge in [-0.1, -0.05) is 26.0 Å². The Morgan fingerprint density at radius 1 is 1.04 bits per heavy atom. The first-order valence-electron chi connectivity index (χ1n) is 10.5. The van der Waals surface area contributed by atoms with Gasteiger partial charge in [-0.05, 0) is 68.1 Å². The van der Waals surface area contributed by atoms with Crippen molar-refractivity contribution in [3.05, 3.63) is 29.8 Å². The first-order chi connectivity index (χ1) is 13.4. The lowest BCUT2D eigenvalue weighted by atomic mass is 9.80. The Labute approximate surface area is 169 Å². The molecule has 2 aliphatic carbocycles. The summed E-state index contributed by atoms with van der Waals surface area (Å²) in [6.07, 6.45) is 6.79. The van der Waals surface area contributed by atoms with E-state index < -0.39 is 10.0 Å². The van der Waals surface area contributed by atoms with E-state index in [1.807, 2.05) is 12.1 Å². The summed E-state index contributed by atoms with van der Waals surface area (Å²) in [6.45, 7) is 5.24. The zero-order valence-electron chi connectivity index (χ0n) is 17.2. The van der Waals surface area contributed by atoms with Gasteiger partial charge >= 0.3 is 0 Å². The second-order valence-electron chi connectivity index (χ2n) is 8.47. The van der Waals surface area contributed by atoms with Gasteiger partial charge in [-0.3, -0.25) is 4.99 Å². The Bertz CT molecular complexity index is 762. The van der Waals surface area contributed by atoms with Crippen LogP contribution in [0.15, 0.2) is 34.2 Å². The fourth-order valence-corrected chi connectivity index (χ4v) is 5.08. The molecule has 1 aromatic rings. The van der Waals surface area contributed by atoms with E-state index in [9.17, 15) is 8.42 Å². The van der Waals surface area contributed by atoms with Gasteiger partial charge in [0.1, 0.15) is 0 Å². The van der Waals surface area contributed by atoms with Crippen LogP contribution in [0.25, 0.3) is 0 Å². The third-order valence-corrected chi connectivity index (χ3v) is 7.41. The zero-order chi connectivity index (χ0) is 20.1. The predicted octanol–water partition coefficient (Wildman–Crippen LogP) is 3.01. The normalized spacial score (nSPS) is 23.6. The summed E-state index contributed by atoms with van der Waals surface area (Å²) in [5.41, 5.74) is 1.02. The molecule has 6 nitrogen and oxygen atoms in total. The molecule has 2 saturated carbocycles. The van der Waals surface area contributed by atoms with Crippen molar-refractivity contribution in [3.8, 4) is 0 Å². The maximum absolute atomic E-state index is 12.2. The number of hydrogen-bond donors (Lipinski definition) is 3. The van der Waals surface area contributed by atoms with Crippen LogP contribution in [0.1, 0.15) is 57.9 Å². The van der Waals surface area contributed by atoms with E-state index in [1.165, 1.54) is 25.7 Å². The van der Waals surface area contributed by atoms with E-state index in [0.717, 1.165) is 36.2 Å². The van der Waals surface area contributed by atoms with E-state index in [0.29, 0.717) is 17.5 Å². The molecule has 1 aromatic carbocycles. The Hall–Kier alpha value is -1.60. The molecular formula is C21H34N4O2S.